The molecule has 0 aliphatic heterocycles. The molecule has 0 aliphatic rings. The number of hydrogen-bond acceptors (Lipinski definition) is 4. The quantitative estimate of drug-likeness (QED) is 0.249. The fourth-order valence-electron chi connectivity index (χ4n) is 2.23. The van der Waals surface area contributed by atoms with Crippen molar-refractivity contribution in [3.05, 3.63) is 54.5 Å². The zero-order valence-electron chi connectivity index (χ0n) is 15.4. The van der Waals surface area contributed by atoms with Crippen LogP contribution in [-0.2, 0) is 11.2 Å². The van der Waals surface area contributed by atoms with E-state index in [2.05, 4.69) is 15.2 Å². The molecule has 1 aromatic carbocycles. The molecule has 0 radical (unpaired) electrons. The molecule has 2 aromatic rings. The summed E-state index contributed by atoms with van der Waals surface area (Å²) in [6.07, 6.45) is 2.50. The van der Waals surface area contributed by atoms with Crippen molar-refractivity contribution < 1.29 is 13.9 Å². The molecule has 0 fully saturated rings. The van der Waals surface area contributed by atoms with Crippen molar-refractivity contribution in [3.8, 4) is 5.75 Å². The summed E-state index contributed by atoms with van der Waals surface area (Å²) in [7, 11) is 3.68. The number of guanidine groups is 1. The van der Waals surface area contributed by atoms with Gasteiger partial charge < -0.3 is 24.1 Å². The van der Waals surface area contributed by atoms with E-state index in [9.17, 15) is 0 Å². The van der Waals surface area contributed by atoms with Crippen LogP contribution in [0.4, 0.5) is 0 Å². The second-order valence-electron chi connectivity index (χ2n) is 5.54. The summed E-state index contributed by atoms with van der Waals surface area (Å²) in [5, 5.41) is 3.37. The van der Waals surface area contributed by atoms with Crippen molar-refractivity contribution in [1.82, 2.24) is 10.2 Å². The van der Waals surface area contributed by atoms with Crippen LogP contribution in [0.2, 0.25) is 0 Å². The smallest absolute Gasteiger partial charge is 0.193 e. The largest absolute Gasteiger partial charge is 0.492 e. The van der Waals surface area contributed by atoms with E-state index < -0.39 is 0 Å². The van der Waals surface area contributed by atoms with E-state index in [1.165, 1.54) is 0 Å². The van der Waals surface area contributed by atoms with E-state index in [0.29, 0.717) is 19.8 Å². The van der Waals surface area contributed by atoms with Gasteiger partial charge in [-0.05, 0) is 24.3 Å². The minimum Gasteiger partial charge on any atom is -0.492 e. The molecule has 0 atom stereocenters. The normalized spacial score (nSPS) is 10.9. The Balaban J connectivity index is 0.00000338. The van der Waals surface area contributed by atoms with Crippen molar-refractivity contribution in [1.29, 1.82) is 0 Å². The first-order chi connectivity index (χ1) is 12.3. The van der Waals surface area contributed by atoms with Gasteiger partial charge >= 0.3 is 0 Å². The van der Waals surface area contributed by atoms with Gasteiger partial charge in [0.25, 0.3) is 0 Å². The minimum atomic E-state index is 0. The number of ether oxygens (including phenoxy) is 2. The molecule has 0 amide bonds. The number of nitrogens with zero attached hydrogens (tertiary/aromatic N) is 2. The molecule has 0 unspecified atom stereocenters. The Morgan fingerprint density at radius 1 is 1.15 bits per heavy atom. The van der Waals surface area contributed by atoms with Crippen LogP contribution in [-0.4, -0.2) is 57.9 Å². The summed E-state index contributed by atoms with van der Waals surface area (Å²) in [5.41, 5.74) is 0. The number of halogens is 1. The van der Waals surface area contributed by atoms with Gasteiger partial charge in [0, 0.05) is 27.1 Å². The molecule has 144 valence electrons. The van der Waals surface area contributed by atoms with Gasteiger partial charge in [-0.3, -0.25) is 4.99 Å². The van der Waals surface area contributed by atoms with Crippen molar-refractivity contribution in [2.75, 3.05) is 47.0 Å². The number of rotatable bonds is 10. The van der Waals surface area contributed by atoms with Gasteiger partial charge in [0.05, 0.1) is 26.0 Å². The Kier molecular flexibility index (Phi) is 11.5. The highest BCUT2D eigenvalue weighted by molar-refractivity contribution is 14.0. The molecule has 1 aromatic heterocycles. The predicted molar refractivity (Wildman–Crippen MR) is 115 cm³/mol. The van der Waals surface area contributed by atoms with E-state index in [1.807, 2.05) is 49.5 Å². The van der Waals surface area contributed by atoms with Gasteiger partial charge in [0.2, 0.25) is 0 Å². The molecular weight excluding hydrogens is 445 g/mol. The van der Waals surface area contributed by atoms with Crippen LogP contribution in [0.15, 0.2) is 58.1 Å². The van der Waals surface area contributed by atoms with Crippen LogP contribution in [0.3, 0.4) is 0 Å². The van der Waals surface area contributed by atoms with Gasteiger partial charge in [-0.25, -0.2) is 0 Å². The SMILES string of the molecule is COCCN=C(NCCc1ccco1)N(C)CCOc1ccccc1.I. The lowest BCUT2D eigenvalue weighted by Gasteiger charge is -2.22. The van der Waals surface area contributed by atoms with E-state index in [0.717, 1.165) is 37.0 Å². The molecule has 26 heavy (non-hydrogen) atoms. The number of methoxy groups -OCH3 is 1. The lowest BCUT2D eigenvalue weighted by molar-refractivity contribution is 0.207. The van der Waals surface area contributed by atoms with Crippen LogP contribution >= 0.6 is 24.0 Å². The molecule has 1 N–H and O–H groups in total. The lowest BCUT2D eigenvalue weighted by Crippen LogP contribution is -2.42. The number of likely N-dealkylation sites (N-methyl/N-ethyl adjacent to an activating group) is 1. The van der Waals surface area contributed by atoms with Crippen molar-refractivity contribution in [2.45, 2.75) is 6.42 Å². The number of benzene rings is 1. The van der Waals surface area contributed by atoms with Crippen LogP contribution < -0.4 is 10.1 Å². The maximum Gasteiger partial charge on any atom is 0.193 e. The monoisotopic (exact) mass is 473 g/mol. The molecule has 0 saturated heterocycles. The molecule has 0 spiro atoms. The Morgan fingerprint density at radius 3 is 2.65 bits per heavy atom. The standard InChI is InChI=1S/C19H27N3O3.HI/c1-22(13-16-25-17-7-4-3-5-8-17)19(21-12-15-23-2)20-11-10-18-9-6-14-24-18;/h3-9,14H,10-13,15-16H2,1-2H3,(H,20,21);1H. The van der Waals surface area contributed by atoms with Gasteiger partial charge in [-0.15, -0.1) is 24.0 Å². The number of furan rings is 1. The third-order valence-corrected chi connectivity index (χ3v) is 3.59. The van der Waals surface area contributed by atoms with Crippen molar-refractivity contribution >= 4 is 29.9 Å². The summed E-state index contributed by atoms with van der Waals surface area (Å²) in [6, 6.07) is 13.7. The van der Waals surface area contributed by atoms with E-state index >= 15 is 0 Å². The number of para-hydroxylation sites is 1. The zero-order valence-corrected chi connectivity index (χ0v) is 17.7. The first kappa shape index (κ1) is 22.3. The third-order valence-electron chi connectivity index (χ3n) is 3.59. The van der Waals surface area contributed by atoms with Crippen LogP contribution in [0.5, 0.6) is 5.75 Å². The van der Waals surface area contributed by atoms with Crippen LogP contribution in [0.25, 0.3) is 0 Å². The fraction of sp³-hybridized carbons (Fsp3) is 0.421. The molecule has 0 bridgehead atoms. The Morgan fingerprint density at radius 2 is 1.96 bits per heavy atom. The second-order valence-corrected chi connectivity index (χ2v) is 5.54. The molecule has 0 saturated carbocycles. The molecule has 7 heteroatoms. The highest BCUT2D eigenvalue weighted by atomic mass is 127. The first-order valence-electron chi connectivity index (χ1n) is 8.48. The van der Waals surface area contributed by atoms with Crippen LogP contribution in [0.1, 0.15) is 5.76 Å². The topological polar surface area (TPSA) is 59.2 Å². The van der Waals surface area contributed by atoms with Crippen molar-refractivity contribution in [2.24, 2.45) is 4.99 Å². The predicted octanol–water partition coefficient (Wildman–Crippen LogP) is 3.04. The van der Waals surface area contributed by atoms with Gasteiger partial charge in [-0.1, -0.05) is 18.2 Å². The Bertz CT molecular complexity index is 606. The number of nitrogens with one attached hydrogen (secondary N) is 1. The number of hydrogen-bond donors (Lipinski definition) is 1. The van der Waals surface area contributed by atoms with Gasteiger partial charge in [-0.2, -0.15) is 0 Å². The van der Waals surface area contributed by atoms with Crippen molar-refractivity contribution in [3.63, 3.8) is 0 Å². The summed E-state index contributed by atoms with van der Waals surface area (Å²) < 4.78 is 16.2. The van der Waals surface area contributed by atoms with E-state index in [-0.39, 0.29) is 24.0 Å². The number of aliphatic imine (C=N–C) groups is 1. The highest BCUT2D eigenvalue weighted by Crippen LogP contribution is 2.07. The first-order valence-corrected chi connectivity index (χ1v) is 8.48. The third kappa shape index (κ3) is 8.57. The summed E-state index contributed by atoms with van der Waals surface area (Å²) in [6.45, 7) is 3.28. The molecule has 0 aliphatic carbocycles. The maximum absolute atomic E-state index is 5.75. The van der Waals surface area contributed by atoms with Crippen LogP contribution in [0, 0.1) is 0 Å². The Labute approximate surface area is 172 Å². The molecular formula is C19H28IN3O3. The van der Waals surface area contributed by atoms with Gasteiger partial charge in [0.15, 0.2) is 5.96 Å². The summed E-state index contributed by atoms with van der Waals surface area (Å²) in [5.74, 6) is 2.67. The van der Waals surface area contributed by atoms with E-state index in [4.69, 9.17) is 13.9 Å². The average Bonchev–Trinajstić information content (AvgIpc) is 3.15. The Hall–Kier alpha value is -1.74. The summed E-state index contributed by atoms with van der Waals surface area (Å²) >= 11 is 0. The van der Waals surface area contributed by atoms with E-state index in [1.54, 1.807) is 13.4 Å². The highest BCUT2D eigenvalue weighted by Gasteiger charge is 2.07. The fourth-order valence-corrected chi connectivity index (χ4v) is 2.23. The summed E-state index contributed by atoms with van der Waals surface area (Å²) in [4.78, 5) is 6.63. The molecule has 1 heterocycles. The average molecular weight is 473 g/mol. The molecule has 6 nitrogen and oxygen atoms in total. The second kappa shape index (κ2) is 13.5. The maximum atomic E-state index is 5.75. The zero-order chi connectivity index (χ0) is 17.7. The molecule has 2 rings (SSSR count). The minimum absolute atomic E-state index is 0. The lowest BCUT2D eigenvalue weighted by atomic mass is 10.3. The van der Waals surface area contributed by atoms with Gasteiger partial charge in [0.1, 0.15) is 18.1 Å².